The highest BCUT2D eigenvalue weighted by Crippen LogP contribution is 2.33. The summed E-state index contributed by atoms with van der Waals surface area (Å²) >= 11 is 0. The Labute approximate surface area is 145 Å². The van der Waals surface area contributed by atoms with E-state index in [-0.39, 0.29) is 17.1 Å². The van der Waals surface area contributed by atoms with Crippen molar-refractivity contribution < 1.29 is 18.1 Å². The summed E-state index contributed by atoms with van der Waals surface area (Å²) in [6.45, 7) is 2.16. The van der Waals surface area contributed by atoms with Crippen LogP contribution in [0.3, 0.4) is 0 Å². The number of aromatic nitrogens is 2. The molecule has 2 rings (SSSR count). The monoisotopic (exact) mass is 368 g/mol. The molecule has 1 aromatic heterocycles. The van der Waals surface area contributed by atoms with E-state index < -0.39 is 20.4 Å². The smallest absolute Gasteiger partial charge is 0.310 e. The first-order valence-electron chi connectivity index (χ1n) is 7.50. The lowest BCUT2D eigenvalue weighted by Crippen LogP contribution is -2.09. The van der Waals surface area contributed by atoms with Crippen molar-refractivity contribution in [2.24, 2.45) is 7.05 Å². The molecule has 1 aromatic carbocycles. The third-order valence-electron chi connectivity index (χ3n) is 3.74. The number of rotatable bonds is 7. The van der Waals surface area contributed by atoms with Gasteiger partial charge in [0.05, 0.1) is 23.3 Å². The normalized spacial score (nSPS) is 11.4. The lowest BCUT2D eigenvalue weighted by Gasteiger charge is -2.10. The lowest BCUT2D eigenvalue weighted by atomic mass is 10.2. The molecule has 0 aliphatic rings. The largest absolute Gasteiger partial charge is 0.481 e. The molecule has 0 saturated heterocycles. The fraction of sp³-hybridized carbons (Fsp3) is 0.400. The number of nitro groups is 1. The molecule has 1 N–H and O–H groups in total. The molecule has 2 aromatic rings. The van der Waals surface area contributed by atoms with Crippen LogP contribution in [0.1, 0.15) is 18.2 Å². The summed E-state index contributed by atoms with van der Waals surface area (Å²) in [6.07, 6.45) is 1.61. The fourth-order valence-corrected chi connectivity index (χ4v) is 3.52. The van der Waals surface area contributed by atoms with Crippen molar-refractivity contribution >= 4 is 21.2 Å². The van der Waals surface area contributed by atoms with E-state index in [1.807, 2.05) is 6.92 Å². The molecular formula is C15H20N4O5S. The minimum Gasteiger partial charge on any atom is -0.481 e. The number of anilines is 1. The molecule has 0 atom stereocenters. The van der Waals surface area contributed by atoms with E-state index >= 15 is 0 Å². The molecule has 9 nitrogen and oxygen atoms in total. The van der Waals surface area contributed by atoms with Crippen LogP contribution >= 0.6 is 0 Å². The number of ether oxygens (including phenoxy) is 1. The van der Waals surface area contributed by atoms with E-state index in [2.05, 4.69) is 10.4 Å². The van der Waals surface area contributed by atoms with E-state index in [1.165, 1.54) is 25.3 Å². The van der Waals surface area contributed by atoms with Gasteiger partial charge in [0, 0.05) is 19.8 Å². The number of benzene rings is 1. The Morgan fingerprint density at radius 2 is 2.08 bits per heavy atom. The van der Waals surface area contributed by atoms with Crippen LogP contribution < -0.4 is 10.1 Å². The summed E-state index contributed by atoms with van der Waals surface area (Å²) in [5.41, 5.74) is 1.23. The quantitative estimate of drug-likeness (QED) is 0.586. The Morgan fingerprint density at radius 3 is 2.60 bits per heavy atom. The van der Waals surface area contributed by atoms with E-state index in [9.17, 15) is 18.5 Å². The van der Waals surface area contributed by atoms with Gasteiger partial charge >= 0.3 is 5.69 Å². The van der Waals surface area contributed by atoms with Gasteiger partial charge in [-0.15, -0.1) is 0 Å². The number of sulfone groups is 1. The Balaban J connectivity index is 2.45. The highest BCUT2D eigenvalue weighted by Gasteiger charge is 2.26. The third kappa shape index (κ3) is 3.73. The Bertz CT molecular complexity index is 905. The van der Waals surface area contributed by atoms with Crippen LogP contribution in [0.2, 0.25) is 0 Å². The molecule has 0 amide bonds. The van der Waals surface area contributed by atoms with Crippen molar-refractivity contribution in [2.45, 2.75) is 24.8 Å². The van der Waals surface area contributed by atoms with Gasteiger partial charge in [-0.25, -0.2) is 13.1 Å². The third-order valence-corrected chi connectivity index (χ3v) is 4.86. The van der Waals surface area contributed by atoms with Crippen molar-refractivity contribution in [1.82, 2.24) is 9.78 Å². The molecule has 0 bridgehead atoms. The van der Waals surface area contributed by atoms with Crippen molar-refractivity contribution in [1.29, 1.82) is 0 Å². The van der Waals surface area contributed by atoms with Crippen LogP contribution in [-0.4, -0.2) is 36.5 Å². The number of nitrogens with zero attached hydrogens (tertiary/aromatic N) is 3. The minimum absolute atomic E-state index is 0.126. The van der Waals surface area contributed by atoms with Crippen molar-refractivity contribution in [3.8, 4) is 5.88 Å². The van der Waals surface area contributed by atoms with Crippen molar-refractivity contribution in [3.63, 3.8) is 0 Å². The summed E-state index contributed by atoms with van der Waals surface area (Å²) in [5.74, 6) is 0.547. The van der Waals surface area contributed by atoms with Crippen LogP contribution in [0.4, 0.5) is 11.4 Å². The van der Waals surface area contributed by atoms with Gasteiger partial charge in [0.2, 0.25) is 5.88 Å². The lowest BCUT2D eigenvalue weighted by molar-refractivity contribution is -0.386. The predicted octanol–water partition coefficient (Wildman–Crippen LogP) is 1.91. The summed E-state index contributed by atoms with van der Waals surface area (Å²) in [6, 6.07) is 4.16. The van der Waals surface area contributed by atoms with E-state index in [0.29, 0.717) is 12.3 Å². The Kier molecular flexibility index (Phi) is 5.31. The molecule has 1 heterocycles. The number of aryl methyl sites for hydroxylation is 2. The zero-order chi connectivity index (χ0) is 18.8. The number of nitrogens with one attached hydrogen (secondary N) is 1. The first kappa shape index (κ1) is 18.7. The molecule has 10 heteroatoms. The summed E-state index contributed by atoms with van der Waals surface area (Å²) in [4.78, 5) is 10.4. The SMILES string of the molecule is CCc1nn(C)c(OC)c1CNc1cccc(S(C)(=O)=O)c1[N+](=O)[O-]. The first-order valence-corrected chi connectivity index (χ1v) is 9.39. The van der Waals surface area contributed by atoms with Gasteiger partial charge in [-0.05, 0) is 18.6 Å². The van der Waals surface area contributed by atoms with E-state index in [1.54, 1.807) is 11.7 Å². The maximum atomic E-state index is 11.8. The molecule has 0 aliphatic carbocycles. The maximum Gasteiger partial charge on any atom is 0.310 e. The van der Waals surface area contributed by atoms with Gasteiger partial charge in [-0.2, -0.15) is 5.10 Å². The number of methoxy groups -OCH3 is 1. The van der Waals surface area contributed by atoms with Crippen molar-refractivity contribution in [3.05, 3.63) is 39.6 Å². The van der Waals surface area contributed by atoms with Gasteiger partial charge in [0.15, 0.2) is 9.84 Å². The van der Waals surface area contributed by atoms with Gasteiger partial charge in [0.25, 0.3) is 0 Å². The number of hydrogen-bond donors (Lipinski definition) is 1. The minimum atomic E-state index is -3.73. The first-order chi connectivity index (χ1) is 11.7. The standard InChI is InChI=1S/C15H20N4O5S/c1-5-11-10(15(24-3)18(2)17-11)9-16-12-7-6-8-13(25(4,22)23)14(12)19(20)21/h6-8,16H,5,9H2,1-4H3. The van der Waals surface area contributed by atoms with Gasteiger partial charge in [-0.3, -0.25) is 10.1 Å². The van der Waals surface area contributed by atoms with Gasteiger partial charge in [-0.1, -0.05) is 13.0 Å². The summed E-state index contributed by atoms with van der Waals surface area (Å²) < 4.78 is 30.6. The topological polar surface area (TPSA) is 116 Å². The van der Waals surface area contributed by atoms with Crippen molar-refractivity contribution in [2.75, 3.05) is 18.7 Å². The van der Waals surface area contributed by atoms with E-state index in [0.717, 1.165) is 17.5 Å². The zero-order valence-electron chi connectivity index (χ0n) is 14.4. The average molecular weight is 368 g/mol. The molecule has 0 unspecified atom stereocenters. The highest BCUT2D eigenvalue weighted by molar-refractivity contribution is 7.90. The fourth-order valence-electron chi connectivity index (χ4n) is 2.66. The number of hydrogen-bond acceptors (Lipinski definition) is 7. The number of para-hydroxylation sites is 1. The second-order valence-electron chi connectivity index (χ2n) is 5.45. The molecule has 25 heavy (non-hydrogen) atoms. The molecular weight excluding hydrogens is 348 g/mol. The molecule has 0 fully saturated rings. The zero-order valence-corrected chi connectivity index (χ0v) is 15.3. The van der Waals surface area contributed by atoms with Crippen LogP contribution in [0.15, 0.2) is 23.1 Å². The molecule has 136 valence electrons. The molecule has 0 radical (unpaired) electrons. The summed E-state index contributed by atoms with van der Waals surface area (Å²) in [5, 5.41) is 18.7. The molecule has 0 saturated carbocycles. The van der Waals surface area contributed by atoms with Gasteiger partial charge < -0.3 is 10.1 Å². The van der Waals surface area contributed by atoms with Crippen LogP contribution in [0.25, 0.3) is 0 Å². The Morgan fingerprint density at radius 1 is 1.40 bits per heavy atom. The van der Waals surface area contributed by atoms with Crippen LogP contribution in [0, 0.1) is 10.1 Å². The maximum absolute atomic E-state index is 11.8. The highest BCUT2D eigenvalue weighted by atomic mass is 32.2. The predicted molar refractivity (Wildman–Crippen MR) is 92.7 cm³/mol. The average Bonchev–Trinajstić information content (AvgIpc) is 2.86. The second kappa shape index (κ2) is 7.09. The number of nitro benzene ring substituents is 1. The molecule has 0 spiro atoms. The summed E-state index contributed by atoms with van der Waals surface area (Å²) in [7, 11) is -0.464. The van der Waals surface area contributed by atoms with E-state index in [4.69, 9.17) is 4.74 Å². The second-order valence-corrected chi connectivity index (χ2v) is 7.43. The van der Waals surface area contributed by atoms with Crippen LogP contribution in [0.5, 0.6) is 5.88 Å². The van der Waals surface area contributed by atoms with Gasteiger partial charge in [0.1, 0.15) is 10.6 Å². The Hall–Kier alpha value is -2.62. The molecule has 0 aliphatic heterocycles. The van der Waals surface area contributed by atoms with Crippen LogP contribution in [-0.2, 0) is 29.9 Å².